The van der Waals surface area contributed by atoms with E-state index >= 15 is 0 Å². The predicted octanol–water partition coefficient (Wildman–Crippen LogP) is 5.64. The Morgan fingerprint density at radius 3 is 1.36 bits per heavy atom. The average Bonchev–Trinajstić information content (AvgIpc) is 3.08. The second kappa shape index (κ2) is 35.8. The molecule has 3 aliphatic rings. The molecule has 0 bridgehead atoms. The standard InChI is InChI=1S/3C9H18N2O.4C2H6/c1-10-9(12)7-8-3-5-11(2)6-4-8;1-3-10-9(12)8-4-6-11(2)7-5-8;1-3-9(12)10-8-4-6-11(2)7-5-8;4*1-2/h3*8H,3-7H2,1-2H3,(H,10,12);4*1-2H3. The van der Waals surface area contributed by atoms with Gasteiger partial charge in [-0.3, -0.25) is 14.4 Å². The van der Waals surface area contributed by atoms with E-state index in [2.05, 4.69) is 51.8 Å². The van der Waals surface area contributed by atoms with Gasteiger partial charge in [0.2, 0.25) is 17.7 Å². The van der Waals surface area contributed by atoms with E-state index in [1.54, 1.807) is 7.05 Å². The molecule has 44 heavy (non-hydrogen) atoms. The molecule has 0 aliphatic carbocycles. The van der Waals surface area contributed by atoms with Crippen molar-refractivity contribution in [2.75, 3.05) is 74.0 Å². The van der Waals surface area contributed by atoms with E-state index in [0.29, 0.717) is 24.8 Å². The van der Waals surface area contributed by atoms with Crippen molar-refractivity contribution in [1.82, 2.24) is 30.7 Å². The van der Waals surface area contributed by atoms with Crippen LogP contribution < -0.4 is 16.0 Å². The number of likely N-dealkylation sites (tertiary alicyclic amines) is 3. The molecule has 3 heterocycles. The summed E-state index contributed by atoms with van der Waals surface area (Å²) in [6.45, 7) is 27.2. The Morgan fingerprint density at radius 1 is 0.614 bits per heavy atom. The monoisotopic (exact) mass is 631 g/mol. The minimum absolute atomic E-state index is 0.185. The SMILES string of the molecule is CC.CC.CC.CC.CCC(=O)NC1CCN(C)CC1.CCNC(=O)C1CCN(C)CC1.CNC(=O)CC1CCN(C)CC1. The molecule has 0 spiro atoms. The first-order valence-electron chi connectivity index (χ1n) is 18.0. The number of carbonyl (C=O) groups is 3. The summed E-state index contributed by atoms with van der Waals surface area (Å²) in [6, 6.07) is 0.425. The lowest BCUT2D eigenvalue weighted by molar-refractivity contribution is -0.126. The van der Waals surface area contributed by atoms with Gasteiger partial charge in [0.1, 0.15) is 0 Å². The van der Waals surface area contributed by atoms with Gasteiger partial charge in [-0.2, -0.15) is 0 Å². The van der Waals surface area contributed by atoms with Crippen LogP contribution in [-0.2, 0) is 14.4 Å². The van der Waals surface area contributed by atoms with Crippen LogP contribution >= 0.6 is 0 Å². The summed E-state index contributed by atoms with van der Waals surface area (Å²) in [6.07, 6.45) is 7.89. The number of nitrogens with zero attached hydrogens (tertiary/aromatic N) is 3. The summed E-state index contributed by atoms with van der Waals surface area (Å²) in [4.78, 5) is 40.3. The first-order valence-corrected chi connectivity index (χ1v) is 18.0. The van der Waals surface area contributed by atoms with E-state index in [9.17, 15) is 14.4 Å². The van der Waals surface area contributed by atoms with Crippen molar-refractivity contribution in [2.24, 2.45) is 11.8 Å². The van der Waals surface area contributed by atoms with E-state index in [-0.39, 0.29) is 23.6 Å². The maximum absolute atomic E-state index is 11.4. The van der Waals surface area contributed by atoms with Gasteiger partial charge in [-0.1, -0.05) is 62.3 Å². The minimum atomic E-state index is 0.185. The number of amides is 3. The van der Waals surface area contributed by atoms with Crippen molar-refractivity contribution >= 4 is 17.7 Å². The highest BCUT2D eigenvalue weighted by Crippen LogP contribution is 2.19. The third-order valence-electron chi connectivity index (χ3n) is 7.44. The quantitative estimate of drug-likeness (QED) is 0.352. The van der Waals surface area contributed by atoms with E-state index in [1.165, 1.54) is 12.8 Å². The van der Waals surface area contributed by atoms with Gasteiger partial charge in [0, 0.05) is 38.4 Å². The summed E-state index contributed by atoms with van der Waals surface area (Å²) < 4.78 is 0. The second-order valence-corrected chi connectivity index (χ2v) is 10.6. The van der Waals surface area contributed by atoms with E-state index in [0.717, 1.165) is 71.5 Å². The van der Waals surface area contributed by atoms with Gasteiger partial charge >= 0.3 is 0 Å². The first kappa shape index (κ1) is 49.2. The molecule has 0 saturated carbocycles. The summed E-state index contributed by atoms with van der Waals surface area (Å²) >= 11 is 0. The van der Waals surface area contributed by atoms with Gasteiger partial charge in [-0.25, -0.2) is 0 Å². The molecule has 0 aromatic heterocycles. The third-order valence-corrected chi connectivity index (χ3v) is 7.44. The van der Waals surface area contributed by atoms with Crippen LogP contribution in [0, 0.1) is 11.8 Å². The molecule has 0 aromatic carbocycles. The smallest absolute Gasteiger partial charge is 0.223 e. The number of rotatable bonds is 6. The lowest BCUT2D eigenvalue weighted by atomic mass is 9.93. The highest BCUT2D eigenvalue weighted by molar-refractivity contribution is 5.78. The Hall–Kier alpha value is -1.71. The Balaban J connectivity index is -0.000000244. The van der Waals surface area contributed by atoms with Gasteiger partial charge in [0.15, 0.2) is 0 Å². The fourth-order valence-corrected chi connectivity index (χ4v) is 4.70. The molecule has 0 aromatic rings. The number of hydrogen-bond acceptors (Lipinski definition) is 6. The fourth-order valence-electron chi connectivity index (χ4n) is 4.70. The number of hydrogen-bond donors (Lipinski definition) is 3. The average molecular weight is 631 g/mol. The van der Waals surface area contributed by atoms with E-state index in [4.69, 9.17) is 0 Å². The molecule has 3 aliphatic heterocycles. The van der Waals surface area contributed by atoms with Crippen LogP contribution in [-0.4, -0.2) is 112 Å². The molecule has 3 amide bonds. The molecule has 0 radical (unpaired) electrons. The predicted molar refractivity (Wildman–Crippen MR) is 192 cm³/mol. The van der Waals surface area contributed by atoms with Gasteiger partial charge in [-0.05, 0) is 112 Å². The molecule has 3 rings (SSSR count). The zero-order chi connectivity index (χ0) is 34.9. The maximum Gasteiger partial charge on any atom is 0.223 e. The topological polar surface area (TPSA) is 97.0 Å². The Morgan fingerprint density at radius 2 is 1.00 bits per heavy atom. The highest BCUT2D eigenvalue weighted by atomic mass is 16.2. The van der Waals surface area contributed by atoms with Gasteiger partial charge in [0.25, 0.3) is 0 Å². The van der Waals surface area contributed by atoms with Crippen molar-refractivity contribution in [3.63, 3.8) is 0 Å². The lowest BCUT2D eigenvalue weighted by Crippen LogP contribution is -2.43. The zero-order valence-corrected chi connectivity index (χ0v) is 31.9. The summed E-state index contributed by atoms with van der Waals surface area (Å²) in [5, 5.41) is 8.57. The first-order chi connectivity index (χ1) is 21.2. The Labute approximate surface area is 275 Å². The molecule has 3 N–H and O–H groups in total. The number of nitrogens with one attached hydrogen (secondary N) is 3. The third kappa shape index (κ3) is 27.8. The lowest BCUT2D eigenvalue weighted by Gasteiger charge is -2.29. The van der Waals surface area contributed by atoms with Crippen molar-refractivity contribution in [1.29, 1.82) is 0 Å². The van der Waals surface area contributed by atoms with Crippen molar-refractivity contribution in [3.8, 4) is 0 Å². The largest absolute Gasteiger partial charge is 0.359 e. The number of carbonyl (C=O) groups excluding carboxylic acids is 3. The molecule has 3 saturated heterocycles. The zero-order valence-electron chi connectivity index (χ0n) is 31.9. The summed E-state index contributed by atoms with van der Waals surface area (Å²) in [5.41, 5.74) is 0. The van der Waals surface area contributed by atoms with Crippen LogP contribution in [0.2, 0.25) is 0 Å². The molecule has 0 unspecified atom stereocenters. The van der Waals surface area contributed by atoms with Crippen molar-refractivity contribution in [3.05, 3.63) is 0 Å². The van der Waals surface area contributed by atoms with Crippen LogP contribution in [0.4, 0.5) is 0 Å². The molecule has 3 fully saturated rings. The van der Waals surface area contributed by atoms with Crippen LogP contribution in [0.15, 0.2) is 0 Å². The van der Waals surface area contributed by atoms with Crippen LogP contribution in [0.5, 0.6) is 0 Å². The second-order valence-electron chi connectivity index (χ2n) is 10.6. The molecular formula is C35H78N6O3. The van der Waals surface area contributed by atoms with Gasteiger partial charge in [0.05, 0.1) is 0 Å². The van der Waals surface area contributed by atoms with Crippen LogP contribution in [0.25, 0.3) is 0 Å². The van der Waals surface area contributed by atoms with Crippen molar-refractivity contribution < 1.29 is 14.4 Å². The highest BCUT2D eigenvalue weighted by Gasteiger charge is 2.22. The van der Waals surface area contributed by atoms with Crippen molar-refractivity contribution in [2.45, 2.75) is 127 Å². The Bertz CT molecular complexity index is 590. The summed E-state index contributed by atoms with van der Waals surface area (Å²) in [5.74, 6) is 1.49. The van der Waals surface area contributed by atoms with Gasteiger partial charge < -0.3 is 30.7 Å². The summed E-state index contributed by atoms with van der Waals surface area (Å²) in [7, 11) is 8.07. The van der Waals surface area contributed by atoms with Gasteiger partial charge in [-0.15, -0.1) is 0 Å². The minimum Gasteiger partial charge on any atom is -0.359 e. The van der Waals surface area contributed by atoms with Crippen LogP contribution in [0.3, 0.4) is 0 Å². The van der Waals surface area contributed by atoms with E-state index in [1.807, 2.05) is 69.2 Å². The maximum atomic E-state index is 11.4. The fraction of sp³-hybridized carbons (Fsp3) is 0.914. The molecule has 9 nitrogen and oxygen atoms in total. The normalized spacial score (nSPS) is 17.6. The molecule has 266 valence electrons. The Kier molecular flexibility index (Phi) is 40.0. The number of piperidine rings is 3. The molecule has 0 atom stereocenters. The molecule has 9 heteroatoms. The van der Waals surface area contributed by atoms with E-state index < -0.39 is 0 Å². The molecular weight excluding hydrogens is 552 g/mol. The van der Waals surface area contributed by atoms with Crippen LogP contribution in [0.1, 0.15) is 121 Å².